The highest BCUT2D eigenvalue weighted by Gasteiger charge is 2.27. The van der Waals surface area contributed by atoms with Crippen molar-refractivity contribution in [3.8, 4) is 5.75 Å². The average Bonchev–Trinajstić information content (AvgIpc) is 2.23. The van der Waals surface area contributed by atoms with Crippen LogP contribution in [0, 0.1) is 0 Å². The van der Waals surface area contributed by atoms with E-state index in [0.29, 0.717) is 0 Å². The Hall–Kier alpha value is -1.44. The zero-order valence-corrected chi connectivity index (χ0v) is 9.31. The van der Waals surface area contributed by atoms with Crippen LogP contribution in [0.1, 0.15) is 10.4 Å². The summed E-state index contributed by atoms with van der Waals surface area (Å²) in [6, 6.07) is 1.28. The monoisotopic (exact) mass is 266 g/mol. The molecule has 4 nitrogen and oxygen atoms in total. The lowest BCUT2D eigenvalue weighted by atomic mass is 10.2. The summed E-state index contributed by atoms with van der Waals surface area (Å²) in [6.07, 6.45) is 2.39. The Kier molecular flexibility index (Phi) is 4.62. The van der Waals surface area contributed by atoms with Gasteiger partial charge in [-0.05, 0) is 17.8 Å². The van der Waals surface area contributed by atoms with Gasteiger partial charge >= 0.3 is 5.51 Å². The zero-order valence-electron chi connectivity index (χ0n) is 8.49. The number of carbonyl (C=O) groups excluding carboxylic acids is 1. The van der Waals surface area contributed by atoms with Gasteiger partial charge in [-0.2, -0.15) is 13.2 Å². The van der Waals surface area contributed by atoms with Crippen molar-refractivity contribution in [3.63, 3.8) is 0 Å². The van der Waals surface area contributed by atoms with E-state index in [-0.39, 0.29) is 35.4 Å². The maximum absolute atomic E-state index is 11.8. The first-order valence-electron chi connectivity index (χ1n) is 4.52. The summed E-state index contributed by atoms with van der Waals surface area (Å²) >= 11 is -0.215. The summed E-state index contributed by atoms with van der Waals surface area (Å²) in [6.45, 7) is -0.134. The van der Waals surface area contributed by atoms with Gasteiger partial charge in [0.1, 0.15) is 5.75 Å². The van der Waals surface area contributed by atoms with Gasteiger partial charge in [0, 0.05) is 18.5 Å². The van der Waals surface area contributed by atoms with Crippen LogP contribution in [0.5, 0.6) is 5.75 Å². The first-order chi connectivity index (χ1) is 7.90. The second-order valence-electron chi connectivity index (χ2n) is 2.94. The largest absolute Gasteiger partial charge is 0.505 e. The number of nitrogens with one attached hydrogen (secondary N) is 1. The number of hydrogen-bond acceptors (Lipinski definition) is 4. The molecule has 1 rings (SSSR count). The molecule has 1 aromatic heterocycles. The molecule has 17 heavy (non-hydrogen) atoms. The topological polar surface area (TPSA) is 62.2 Å². The third kappa shape index (κ3) is 4.94. The fraction of sp³-hybridized carbons (Fsp3) is 0.333. The first kappa shape index (κ1) is 13.6. The highest BCUT2D eigenvalue weighted by molar-refractivity contribution is 8.00. The molecular formula is C9H9F3N2O2S. The predicted molar refractivity (Wildman–Crippen MR) is 56.7 cm³/mol. The molecule has 0 fully saturated rings. The second kappa shape index (κ2) is 5.76. The van der Waals surface area contributed by atoms with Gasteiger partial charge in [-0.25, -0.2) is 0 Å². The Labute approximate surface area is 99.2 Å². The number of aromatic hydroxyl groups is 1. The second-order valence-corrected chi connectivity index (χ2v) is 4.10. The Morgan fingerprint density at radius 1 is 1.53 bits per heavy atom. The highest BCUT2D eigenvalue weighted by Crippen LogP contribution is 2.29. The van der Waals surface area contributed by atoms with Gasteiger partial charge < -0.3 is 10.4 Å². The standard InChI is InChI=1S/C9H9F3N2O2S/c10-9(11,12)17-4-3-14-8(16)6-1-2-13-5-7(6)15/h1-2,5,15H,3-4H2,(H,14,16). The van der Waals surface area contributed by atoms with Crippen LogP contribution in [-0.4, -0.2) is 33.8 Å². The molecule has 94 valence electrons. The molecule has 2 N–H and O–H groups in total. The van der Waals surface area contributed by atoms with Crippen molar-refractivity contribution >= 4 is 17.7 Å². The van der Waals surface area contributed by atoms with E-state index in [0.717, 1.165) is 6.20 Å². The van der Waals surface area contributed by atoms with Gasteiger partial charge in [-0.15, -0.1) is 0 Å². The lowest BCUT2D eigenvalue weighted by Gasteiger charge is -2.07. The molecular weight excluding hydrogens is 257 g/mol. The Morgan fingerprint density at radius 2 is 2.24 bits per heavy atom. The van der Waals surface area contributed by atoms with Crippen LogP contribution in [-0.2, 0) is 0 Å². The predicted octanol–water partition coefficient (Wildman–Crippen LogP) is 1.77. The lowest BCUT2D eigenvalue weighted by molar-refractivity contribution is -0.0327. The van der Waals surface area contributed by atoms with Gasteiger partial charge in [0.15, 0.2) is 0 Å². The molecule has 0 atom stereocenters. The summed E-state index contributed by atoms with van der Waals surface area (Å²) in [5, 5.41) is 11.5. The van der Waals surface area contributed by atoms with Crippen molar-refractivity contribution in [2.75, 3.05) is 12.3 Å². The SMILES string of the molecule is O=C(NCCSC(F)(F)F)c1ccncc1O. The van der Waals surface area contributed by atoms with Gasteiger partial charge in [0.25, 0.3) is 5.91 Å². The van der Waals surface area contributed by atoms with Crippen molar-refractivity contribution in [2.45, 2.75) is 5.51 Å². The van der Waals surface area contributed by atoms with Gasteiger partial charge in [-0.3, -0.25) is 9.78 Å². The number of hydrogen-bond donors (Lipinski definition) is 2. The van der Waals surface area contributed by atoms with Gasteiger partial charge in [0.05, 0.1) is 11.8 Å². The number of pyridine rings is 1. The van der Waals surface area contributed by atoms with Gasteiger partial charge in [-0.1, -0.05) is 0 Å². The van der Waals surface area contributed by atoms with E-state index in [1.165, 1.54) is 12.3 Å². The Balaban J connectivity index is 2.39. The van der Waals surface area contributed by atoms with Crippen LogP contribution in [0.2, 0.25) is 0 Å². The van der Waals surface area contributed by atoms with Crippen LogP contribution in [0.25, 0.3) is 0 Å². The molecule has 0 unspecified atom stereocenters. The van der Waals surface area contributed by atoms with Crippen molar-refractivity contribution in [1.29, 1.82) is 0 Å². The maximum atomic E-state index is 11.8. The number of thioether (sulfide) groups is 1. The number of halogens is 3. The molecule has 8 heteroatoms. The lowest BCUT2D eigenvalue weighted by Crippen LogP contribution is -2.26. The molecule has 0 aliphatic carbocycles. The van der Waals surface area contributed by atoms with E-state index in [2.05, 4.69) is 10.3 Å². The van der Waals surface area contributed by atoms with Gasteiger partial charge in [0.2, 0.25) is 0 Å². The van der Waals surface area contributed by atoms with Crippen molar-refractivity contribution in [2.24, 2.45) is 0 Å². The number of carbonyl (C=O) groups is 1. The molecule has 1 aromatic rings. The van der Waals surface area contributed by atoms with Crippen molar-refractivity contribution in [1.82, 2.24) is 10.3 Å². The molecule has 0 aliphatic rings. The minimum Gasteiger partial charge on any atom is -0.505 e. The fourth-order valence-corrected chi connectivity index (χ4v) is 1.44. The smallest absolute Gasteiger partial charge is 0.441 e. The van der Waals surface area contributed by atoms with Crippen LogP contribution in [0.4, 0.5) is 13.2 Å². The van der Waals surface area contributed by atoms with E-state index in [4.69, 9.17) is 0 Å². The van der Waals surface area contributed by atoms with E-state index < -0.39 is 11.4 Å². The Bertz CT molecular complexity index is 398. The molecule has 1 amide bonds. The quantitative estimate of drug-likeness (QED) is 0.815. The summed E-state index contributed by atoms with van der Waals surface area (Å²) in [5.41, 5.74) is -4.32. The number of alkyl halides is 3. The third-order valence-electron chi connectivity index (χ3n) is 1.70. The summed E-state index contributed by atoms with van der Waals surface area (Å²) < 4.78 is 35.3. The summed E-state index contributed by atoms with van der Waals surface area (Å²) in [5.74, 6) is -1.22. The minimum absolute atomic E-state index is 0.0167. The normalized spacial score (nSPS) is 11.2. The summed E-state index contributed by atoms with van der Waals surface area (Å²) in [7, 11) is 0. The number of aromatic nitrogens is 1. The number of amides is 1. The number of rotatable bonds is 4. The van der Waals surface area contributed by atoms with Crippen LogP contribution >= 0.6 is 11.8 Å². The molecule has 0 radical (unpaired) electrons. The van der Waals surface area contributed by atoms with E-state index >= 15 is 0 Å². The fourth-order valence-electron chi connectivity index (χ4n) is 1.00. The summed E-state index contributed by atoms with van der Waals surface area (Å²) in [4.78, 5) is 15.0. The van der Waals surface area contributed by atoms with E-state index in [1.807, 2.05) is 0 Å². The zero-order chi connectivity index (χ0) is 12.9. The molecule has 0 bridgehead atoms. The average molecular weight is 266 g/mol. The Morgan fingerprint density at radius 3 is 2.82 bits per heavy atom. The van der Waals surface area contributed by atoms with Crippen molar-refractivity contribution in [3.05, 3.63) is 24.0 Å². The molecule has 0 saturated carbocycles. The molecule has 0 saturated heterocycles. The number of nitrogens with zero attached hydrogens (tertiary/aromatic N) is 1. The van der Waals surface area contributed by atoms with Crippen LogP contribution < -0.4 is 5.32 Å². The third-order valence-corrected chi connectivity index (χ3v) is 2.43. The van der Waals surface area contributed by atoms with Crippen molar-refractivity contribution < 1.29 is 23.1 Å². The molecule has 1 heterocycles. The van der Waals surface area contributed by atoms with Crippen LogP contribution in [0.15, 0.2) is 18.5 Å². The minimum atomic E-state index is -4.30. The first-order valence-corrected chi connectivity index (χ1v) is 5.50. The molecule has 0 aliphatic heterocycles. The molecule has 0 aromatic carbocycles. The van der Waals surface area contributed by atoms with E-state index in [9.17, 15) is 23.1 Å². The highest BCUT2D eigenvalue weighted by atomic mass is 32.2. The maximum Gasteiger partial charge on any atom is 0.441 e. The van der Waals surface area contributed by atoms with E-state index in [1.54, 1.807) is 0 Å². The van der Waals surface area contributed by atoms with Crippen LogP contribution in [0.3, 0.4) is 0 Å². The molecule has 0 spiro atoms.